The molecule has 0 nitrogen and oxygen atoms in total. The predicted octanol–water partition coefficient (Wildman–Crippen LogP) is 5.69. The first-order chi connectivity index (χ1) is 7.31. The maximum absolute atomic E-state index is 2.08. The molecular weight excluding hydrogens is 180 g/mol. The van der Waals surface area contributed by atoms with Gasteiger partial charge in [0.1, 0.15) is 0 Å². The fraction of sp³-hybridized carbons (Fsp3) is 0.467. The van der Waals surface area contributed by atoms with Crippen molar-refractivity contribution in [3.05, 3.63) is 48.1 Å². The van der Waals surface area contributed by atoms with E-state index in [1.54, 1.807) is 0 Å². The Morgan fingerprint density at radius 1 is 0.733 bits per heavy atom. The first-order valence-corrected chi connectivity index (χ1v) is 5.90. The third-order valence-corrected chi connectivity index (χ3v) is 1.21. The molecule has 0 spiro atoms. The molecule has 0 bridgehead atoms. The molecule has 0 N–H and O–H groups in total. The fourth-order valence-electron chi connectivity index (χ4n) is 0.622. The number of hydrogen-bond acceptors (Lipinski definition) is 0. The van der Waals surface area contributed by atoms with Crippen molar-refractivity contribution < 1.29 is 0 Å². The summed E-state index contributed by atoms with van der Waals surface area (Å²) >= 11 is 0. The predicted molar refractivity (Wildman–Crippen MR) is 75.2 cm³/mol. The Kier molecular flexibility index (Phi) is 30.0. The fourth-order valence-corrected chi connectivity index (χ4v) is 0.622. The molecule has 0 radical (unpaired) electrons. The van der Waals surface area contributed by atoms with Gasteiger partial charge in [-0.15, -0.1) is 0 Å². The molecule has 15 heavy (non-hydrogen) atoms. The van der Waals surface area contributed by atoms with Gasteiger partial charge in [-0.3, -0.25) is 0 Å². The van der Waals surface area contributed by atoms with Crippen LogP contribution in [0.5, 0.6) is 0 Å². The lowest BCUT2D eigenvalue weighted by molar-refractivity contribution is 1.50. The molecule has 0 saturated carbocycles. The monoisotopic (exact) mass is 208 g/mol. The number of hydrogen-bond donors (Lipinski definition) is 0. The van der Waals surface area contributed by atoms with Gasteiger partial charge < -0.3 is 0 Å². The van der Waals surface area contributed by atoms with Crippen LogP contribution in [0.4, 0.5) is 0 Å². The van der Waals surface area contributed by atoms with Crippen molar-refractivity contribution in [3.63, 3.8) is 0 Å². The van der Waals surface area contributed by atoms with Crippen LogP contribution in [0.15, 0.2) is 48.1 Å². The van der Waals surface area contributed by atoms with Crippen LogP contribution in [-0.4, -0.2) is 0 Å². The van der Waals surface area contributed by atoms with Crippen molar-refractivity contribution in [2.75, 3.05) is 0 Å². The number of allylic oxidation sites excluding steroid dienone is 8. The Morgan fingerprint density at radius 2 is 1.20 bits per heavy atom. The molecule has 0 aliphatic heterocycles. The molecule has 0 fully saturated rings. The van der Waals surface area contributed by atoms with E-state index in [1.165, 1.54) is 5.57 Å². The summed E-state index contributed by atoms with van der Waals surface area (Å²) in [7, 11) is 0. The second-order valence-electron chi connectivity index (χ2n) is 2.32. The summed E-state index contributed by atoms with van der Waals surface area (Å²) in [6, 6.07) is 0. The van der Waals surface area contributed by atoms with E-state index in [0.29, 0.717) is 0 Å². The molecule has 88 valence electrons. The normalized spacial score (nSPS) is 11.3. The third kappa shape index (κ3) is 24.6. The summed E-state index contributed by atoms with van der Waals surface area (Å²) < 4.78 is 0. The Morgan fingerprint density at radius 3 is 1.60 bits per heavy atom. The van der Waals surface area contributed by atoms with Crippen LogP contribution in [0.1, 0.15) is 48.5 Å². The second-order valence-corrected chi connectivity index (χ2v) is 2.32. The van der Waals surface area contributed by atoms with E-state index < -0.39 is 0 Å². The number of rotatable bonds is 3. The summed E-state index contributed by atoms with van der Waals surface area (Å²) in [4.78, 5) is 0. The zero-order chi connectivity index (χ0) is 12.5. The van der Waals surface area contributed by atoms with Crippen LogP contribution < -0.4 is 0 Å². The van der Waals surface area contributed by atoms with Crippen molar-refractivity contribution in [1.82, 2.24) is 0 Å². The van der Waals surface area contributed by atoms with E-state index in [1.807, 2.05) is 71.9 Å². The highest BCUT2D eigenvalue weighted by Crippen LogP contribution is 1.95. The summed E-state index contributed by atoms with van der Waals surface area (Å²) in [6.07, 6.45) is 14.3. The highest BCUT2D eigenvalue weighted by molar-refractivity contribution is 5.23. The zero-order valence-electron chi connectivity index (χ0n) is 11.5. The van der Waals surface area contributed by atoms with Gasteiger partial charge in [-0.25, -0.2) is 0 Å². The molecule has 0 aromatic carbocycles. The highest BCUT2D eigenvalue weighted by Gasteiger charge is 1.74. The average Bonchev–Trinajstić information content (AvgIpc) is 2.32. The highest BCUT2D eigenvalue weighted by atomic mass is 13.8. The minimum absolute atomic E-state index is 1.27. The van der Waals surface area contributed by atoms with E-state index in [4.69, 9.17) is 0 Å². The Hall–Kier alpha value is -1.04. The van der Waals surface area contributed by atoms with Gasteiger partial charge in [0.25, 0.3) is 0 Å². The quantitative estimate of drug-likeness (QED) is 0.522. The molecule has 0 heteroatoms. The lowest BCUT2D eigenvalue weighted by atomic mass is 10.2. The zero-order valence-corrected chi connectivity index (χ0v) is 11.5. The molecule has 0 aliphatic carbocycles. The first-order valence-electron chi connectivity index (χ1n) is 5.90. The Bertz CT molecular complexity index is 190. The van der Waals surface area contributed by atoms with Crippen molar-refractivity contribution in [1.29, 1.82) is 0 Å². The molecule has 0 aromatic heterocycles. The van der Waals surface area contributed by atoms with Gasteiger partial charge in [-0.2, -0.15) is 0 Å². The van der Waals surface area contributed by atoms with Gasteiger partial charge in [-0.1, -0.05) is 75.8 Å². The van der Waals surface area contributed by atoms with Gasteiger partial charge >= 0.3 is 0 Å². The third-order valence-electron chi connectivity index (χ3n) is 1.21. The molecule has 0 heterocycles. The Balaban J connectivity index is -0.000000318. The van der Waals surface area contributed by atoms with Gasteiger partial charge in [-0.05, 0) is 20.8 Å². The van der Waals surface area contributed by atoms with Crippen LogP contribution in [0.3, 0.4) is 0 Å². The standard InChI is InChI=1S/C11H16.2C2H6/c1-4-6-8-10-11(3)9-7-5-2;2*1-2/h4-10H,1-3H3;2*1-2H3/b6-4-,7-5-,10-8-,11-9+;;. The van der Waals surface area contributed by atoms with Gasteiger partial charge in [0.2, 0.25) is 0 Å². The van der Waals surface area contributed by atoms with Crippen LogP contribution in [0, 0.1) is 0 Å². The summed E-state index contributed by atoms with van der Waals surface area (Å²) in [5.74, 6) is 0. The first kappa shape index (κ1) is 19.5. The Labute approximate surface area is 97.1 Å². The molecule has 0 amide bonds. The average molecular weight is 208 g/mol. The largest absolute Gasteiger partial charge is 0.0877 e. The van der Waals surface area contributed by atoms with Crippen LogP contribution in [0.25, 0.3) is 0 Å². The minimum Gasteiger partial charge on any atom is -0.0877 e. The molecule has 0 aliphatic rings. The second kappa shape index (κ2) is 23.1. The molecule has 0 atom stereocenters. The maximum atomic E-state index is 2.08. The van der Waals surface area contributed by atoms with Gasteiger partial charge in [0.05, 0.1) is 0 Å². The maximum Gasteiger partial charge on any atom is -0.0398 e. The van der Waals surface area contributed by atoms with E-state index in [-0.39, 0.29) is 0 Å². The van der Waals surface area contributed by atoms with Crippen LogP contribution in [-0.2, 0) is 0 Å². The van der Waals surface area contributed by atoms with Crippen LogP contribution in [0.2, 0.25) is 0 Å². The lowest BCUT2D eigenvalue weighted by Gasteiger charge is -1.84. The van der Waals surface area contributed by atoms with Gasteiger partial charge in [0, 0.05) is 0 Å². The van der Waals surface area contributed by atoms with Crippen molar-refractivity contribution in [3.8, 4) is 0 Å². The van der Waals surface area contributed by atoms with E-state index >= 15 is 0 Å². The van der Waals surface area contributed by atoms with E-state index in [9.17, 15) is 0 Å². The molecule has 0 saturated heterocycles. The summed E-state index contributed by atoms with van der Waals surface area (Å²) in [6.45, 7) is 14.1. The van der Waals surface area contributed by atoms with Crippen molar-refractivity contribution in [2.45, 2.75) is 48.5 Å². The minimum atomic E-state index is 1.27. The summed E-state index contributed by atoms with van der Waals surface area (Å²) in [5.41, 5.74) is 1.27. The summed E-state index contributed by atoms with van der Waals surface area (Å²) in [5, 5.41) is 0. The van der Waals surface area contributed by atoms with E-state index in [0.717, 1.165) is 0 Å². The topological polar surface area (TPSA) is 0 Å². The molecule has 0 rings (SSSR count). The molecule has 0 aromatic rings. The van der Waals surface area contributed by atoms with Crippen molar-refractivity contribution >= 4 is 0 Å². The SMILES string of the molecule is CC.CC.C\C=C/C=C\C(C)=C\C=C/C. The smallest absolute Gasteiger partial charge is 0.0398 e. The molecule has 0 unspecified atom stereocenters. The van der Waals surface area contributed by atoms with Crippen molar-refractivity contribution in [2.24, 2.45) is 0 Å². The van der Waals surface area contributed by atoms with Gasteiger partial charge in [0.15, 0.2) is 0 Å². The molecular formula is C15H28. The van der Waals surface area contributed by atoms with E-state index in [2.05, 4.69) is 19.1 Å². The van der Waals surface area contributed by atoms with Crippen LogP contribution >= 0.6 is 0 Å². The lowest BCUT2D eigenvalue weighted by Crippen LogP contribution is -1.63.